The molecule has 1 atom stereocenters. The van der Waals surface area contributed by atoms with E-state index in [1.807, 2.05) is 0 Å². The van der Waals surface area contributed by atoms with Gasteiger partial charge >= 0.3 is 5.69 Å². The fraction of sp³-hybridized carbons (Fsp3) is 0.417. The highest BCUT2D eigenvalue weighted by Crippen LogP contribution is 2.23. The quantitative estimate of drug-likeness (QED) is 0.679. The van der Waals surface area contributed by atoms with Crippen molar-refractivity contribution in [3.8, 4) is 0 Å². The predicted molar refractivity (Wildman–Crippen MR) is 72.9 cm³/mol. The molecule has 0 aliphatic rings. The molecule has 2 aromatic rings. The molecule has 2 rings (SSSR count). The molecule has 9 nitrogen and oxygen atoms in total. The lowest BCUT2D eigenvalue weighted by atomic mass is 10.2. The topological polar surface area (TPSA) is 116 Å². The summed E-state index contributed by atoms with van der Waals surface area (Å²) in [6.07, 6.45) is 1.13. The minimum Gasteiger partial charge on any atom is -0.359 e. The van der Waals surface area contributed by atoms with E-state index >= 15 is 0 Å². The molecule has 0 fully saturated rings. The lowest BCUT2D eigenvalue weighted by molar-refractivity contribution is -0.385. The van der Waals surface area contributed by atoms with Crippen LogP contribution in [0.1, 0.15) is 30.1 Å². The van der Waals surface area contributed by atoms with Gasteiger partial charge in [0.25, 0.3) is 0 Å². The number of nitrogens with one attached hydrogen (secondary N) is 1. The first-order valence-corrected chi connectivity index (χ1v) is 6.25. The van der Waals surface area contributed by atoms with E-state index in [-0.39, 0.29) is 11.6 Å². The van der Waals surface area contributed by atoms with Crippen LogP contribution in [-0.4, -0.2) is 25.8 Å². The van der Waals surface area contributed by atoms with Gasteiger partial charge in [-0.3, -0.25) is 19.6 Å². The number of rotatable bonds is 4. The Balaban J connectivity index is 2.22. The molecule has 0 saturated carbocycles. The Morgan fingerprint density at radius 2 is 2.14 bits per heavy atom. The number of carbonyl (C=O) groups excluding carboxylic acids is 1. The average molecular weight is 293 g/mol. The molecule has 2 heterocycles. The molecule has 0 aliphatic heterocycles. The molecule has 112 valence electrons. The van der Waals surface area contributed by atoms with E-state index in [0.717, 1.165) is 6.20 Å². The number of nitro groups is 1. The van der Waals surface area contributed by atoms with Crippen molar-refractivity contribution in [3.63, 3.8) is 0 Å². The molecule has 1 unspecified atom stereocenters. The van der Waals surface area contributed by atoms with Crippen LogP contribution in [0, 0.1) is 30.9 Å². The molecule has 0 radical (unpaired) electrons. The average Bonchev–Trinajstić information content (AvgIpc) is 2.95. The summed E-state index contributed by atoms with van der Waals surface area (Å²) in [6.45, 7) is 6.55. The van der Waals surface area contributed by atoms with Crippen molar-refractivity contribution in [2.75, 3.05) is 5.32 Å². The van der Waals surface area contributed by atoms with Gasteiger partial charge in [0.2, 0.25) is 5.91 Å². The minimum absolute atomic E-state index is 0.119. The smallest absolute Gasteiger partial charge is 0.309 e. The summed E-state index contributed by atoms with van der Waals surface area (Å²) in [5, 5.41) is 21.2. The Hall–Kier alpha value is -2.71. The molecule has 1 N–H and O–H groups in total. The van der Waals surface area contributed by atoms with Gasteiger partial charge < -0.3 is 9.84 Å². The van der Waals surface area contributed by atoms with Crippen LogP contribution in [0.5, 0.6) is 0 Å². The van der Waals surface area contributed by atoms with Crippen molar-refractivity contribution >= 4 is 17.3 Å². The zero-order chi connectivity index (χ0) is 15.7. The minimum atomic E-state index is -0.701. The molecule has 0 aromatic carbocycles. The van der Waals surface area contributed by atoms with Crippen LogP contribution in [-0.2, 0) is 4.79 Å². The normalized spacial score (nSPS) is 12.2. The Morgan fingerprint density at radius 3 is 2.62 bits per heavy atom. The third-order valence-corrected chi connectivity index (χ3v) is 3.24. The van der Waals surface area contributed by atoms with Crippen LogP contribution in [0.4, 0.5) is 11.4 Å². The molecule has 0 bridgehead atoms. The molecule has 2 aromatic heterocycles. The summed E-state index contributed by atoms with van der Waals surface area (Å²) in [5.74, 6) is 0.140. The third kappa shape index (κ3) is 2.62. The second kappa shape index (κ2) is 5.35. The van der Waals surface area contributed by atoms with Gasteiger partial charge in [-0.25, -0.2) is 0 Å². The summed E-state index contributed by atoms with van der Waals surface area (Å²) in [4.78, 5) is 22.5. The molecule has 21 heavy (non-hydrogen) atoms. The Labute approximate surface area is 120 Å². The molecular weight excluding hydrogens is 278 g/mol. The van der Waals surface area contributed by atoms with Crippen molar-refractivity contribution in [1.82, 2.24) is 14.9 Å². The van der Waals surface area contributed by atoms with Crippen LogP contribution >= 0.6 is 0 Å². The van der Waals surface area contributed by atoms with Gasteiger partial charge in [0, 0.05) is 0 Å². The Kier molecular flexibility index (Phi) is 3.74. The van der Waals surface area contributed by atoms with Gasteiger partial charge in [0.05, 0.1) is 4.92 Å². The van der Waals surface area contributed by atoms with Crippen molar-refractivity contribution in [2.45, 2.75) is 33.7 Å². The van der Waals surface area contributed by atoms with E-state index in [1.54, 1.807) is 27.7 Å². The Bertz CT molecular complexity index is 683. The molecular formula is C12H15N5O4. The van der Waals surface area contributed by atoms with Gasteiger partial charge in [-0.2, -0.15) is 5.10 Å². The Morgan fingerprint density at radius 1 is 1.48 bits per heavy atom. The SMILES string of the molecule is Cc1noc(C)c1NC(=O)C(C)n1ncc([N+](=O)[O-])c1C. The van der Waals surface area contributed by atoms with E-state index in [0.29, 0.717) is 22.8 Å². The van der Waals surface area contributed by atoms with Crippen LogP contribution in [0.2, 0.25) is 0 Å². The number of aryl methyl sites for hydroxylation is 2. The van der Waals surface area contributed by atoms with Gasteiger partial charge in [-0.1, -0.05) is 5.16 Å². The highest BCUT2D eigenvalue weighted by Gasteiger charge is 2.25. The summed E-state index contributed by atoms with van der Waals surface area (Å²) in [7, 11) is 0. The summed E-state index contributed by atoms with van der Waals surface area (Å²) >= 11 is 0. The first-order valence-electron chi connectivity index (χ1n) is 6.25. The highest BCUT2D eigenvalue weighted by molar-refractivity contribution is 5.94. The number of anilines is 1. The fourth-order valence-electron chi connectivity index (χ4n) is 1.98. The zero-order valence-electron chi connectivity index (χ0n) is 12.1. The highest BCUT2D eigenvalue weighted by atomic mass is 16.6. The van der Waals surface area contributed by atoms with E-state index in [1.165, 1.54) is 4.68 Å². The summed E-state index contributed by atoms with van der Waals surface area (Å²) in [5.41, 5.74) is 1.27. The lowest BCUT2D eigenvalue weighted by Gasteiger charge is -2.13. The fourth-order valence-corrected chi connectivity index (χ4v) is 1.98. The van der Waals surface area contributed by atoms with Crippen LogP contribution in [0.25, 0.3) is 0 Å². The maximum Gasteiger partial charge on any atom is 0.309 e. The van der Waals surface area contributed by atoms with E-state index in [2.05, 4.69) is 15.6 Å². The second-order valence-corrected chi connectivity index (χ2v) is 4.68. The van der Waals surface area contributed by atoms with Crippen LogP contribution in [0.3, 0.4) is 0 Å². The largest absolute Gasteiger partial charge is 0.359 e. The monoisotopic (exact) mass is 293 g/mol. The van der Waals surface area contributed by atoms with Crippen molar-refractivity contribution in [2.24, 2.45) is 0 Å². The van der Waals surface area contributed by atoms with Gasteiger partial charge in [0.15, 0.2) is 5.76 Å². The number of aromatic nitrogens is 3. The first-order chi connectivity index (χ1) is 9.82. The van der Waals surface area contributed by atoms with Crippen molar-refractivity contribution in [3.05, 3.63) is 33.5 Å². The lowest BCUT2D eigenvalue weighted by Crippen LogP contribution is -2.25. The van der Waals surface area contributed by atoms with Crippen LogP contribution in [0.15, 0.2) is 10.7 Å². The molecule has 0 saturated heterocycles. The second-order valence-electron chi connectivity index (χ2n) is 4.68. The molecule has 0 spiro atoms. The number of hydrogen-bond acceptors (Lipinski definition) is 6. The van der Waals surface area contributed by atoms with Crippen LogP contribution < -0.4 is 5.32 Å². The summed E-state index contributed by atoms with van der Waals surface area (Å²) < 4.78 is 6.28. The van der Waals surface area contributed by atoms with Crippen molar-refractivity contribution in [1.29, 1.82) is 0 Å². The molecule has 0 aliphatic carbocycles. The zero-order valence-corrected chi connectivity index (χ0v) is 12.1. The van der Waals surface area contributed by atoms with Crippen molar-refractivity contribution < 1.29 is 14.2 Å². The van der Waals surface area contributed by atoms with Gasteiger partial charge in [0.1, 0.15) is 29.3 Å². The number of hydrogen-bond donors (Lipinski definition) is 1. The van der Waals surface area contributed by atoms with Gasteiger partial charge in [-0.15, -0.1) is 0 Å². The maximum absolute atomic E-state index is 12.2. The standard InChI is InChI=1S/C12H15N5O4/c1-6-11(9(4)21-15-6)14-12(18)8(3)16-7(2)10(5-13-16)17(19)20/h5,8H,1-4H3,(H,14,18). The van der Waals surface area contributed by atoms with Gasteiger partial charge in [-0.05, 0) is 27.7 Å². The van der Waals surface area contributed by atoms with E-state index < -0.39 is 11.0 Å². The predicted octanol–water partition coefficient (Wildman–Crippen LogP) is 1.90. The number of carbonyl (C=O) groups is 1. The van der Waals surface area contributed by atoms with E-state index in [4.69, 9.17) is 4.52 Å². The first kappa shape index (κ1) is 14.7. The number of amides is 1. The maximum atomic E-state index is 12.2. The number of nitrogens with zero attached hydrogens (tertiary/aromatic N) is 4. The third-order valence-electron chi connectivity index (χ3n) is 3.24. The molecule has 1 amide bonds. The van der Waals surface area contributed by atoms with E-state index in [9.17, 15) is 14.9 Å². The summed E-state index contributed by atoms with van der Waals surface area (Å²) in [6, 6.07) is -0.701. The molecule has 9 heteroatoms.